The molecule has 1 fully saturated rings. The summed E-state index contributed by atoms with van der Waals surface area (Å²) in [5.41, 5.74) is 0.236. The molecule has 1 aromatic carbocycles. The highest BCUT2D eigenvalue weighted by atomic mass is 16.6. The van der Waals surface area contributed by atoms with Crippen molar-refractivity contribution in [3.8, 4) is 11.5 Å². The van der Waals surface area contributed by atoms with Crippen LogP contribution in [0.3, 0.4) is 0 Å². The van der Waals surface area contributed by atoms with Crippen LogP contribution in [0.5, 0.6) is 11.5 Å². The van der Waals surface area contributed by atoms with E-state index in [0.717, 1.165) is 0 Å². The first kappa shape index (κ1) is 14.9. The van der Waals surface area contributed by atoms with Crippen LogP contribution in [-0.4, -0.2) is 49.7 Å². The number of hydrogen-bond acceptors (Lipinski definition) is 6. The Morgan fingerprint density at radius 2 is 1.90 bits per heavy atom. The van der Waals surface area contributed by atoms with Crippen molar-refractivity contribution in [2.24, 2.45) is 0 Å². The van der Waals surface area contributed by atoms with Gasteiger partial charge < -0.3 is 19.3 Å². The maximum absolute atomic E-state index is 11.8. The van der Waals surface area contributed by atoms with E-state index in [1.807, 2.05) is 6.92 Å². The van der Waals surface area contributed by atoms with Crippen LogP contribution in [-0.2, 0) is 4.79 Å². The van der Waals surface area contributed by atoms with E-state index in [4.69, 9.17) is 9.47 Å². The summed E-state index contributed by atoms with van der Waals surface area (Å²) in [4.78, 5) is 25.9. The van der Waals surface area contributed by atoms with Crippen LogP contribution in [0.1, 0.15) is 6.92 Å². The van der Waals surface area contributed by atoms with Gasteiger partial charge in [-0.05, 0) is 6.92 Å². The lowest BCUT2D eigenvalue weighted by Crippen LogP contribution is -2.27. The summed E-state index contributed by atoms with van der Waals surface area (Å²) in [5, 5.41) is 11.3. The maximum atomic E-state index is 11.8. The number of anilines is 1. The van der Waals surface area contributed by atoms with Crippen LogP contribution in [0.2, 0.25) is 0 Å². The van der Waals surface area contributed by atoms with E-state index in [1.54, 1.807) is 9.80 Å². The Hall–Kier alpha value is -2.51. The predicted octanol–water partition coefficient (Wildman–Crippen LogP) is 1.24. The molecule has 8 heteroatoms. The molecule has 0 radical (unpaired) electrons. The highest BCUT2D eigenvalue weighted by molar-refractivity contribution is 5.86. The lowest BCUT2D eigenvalue weighted by atomic mass is 10.2. The third-order valence-electron chi connectivity index (χ3n) is 3.42. The fourth-order valence-electron chi connectivity index (χ4n) is 2.29. The zero-order chi connectivity index (χ0) is 15.6. The minimum absolute atomic E-state index is 0.0541. The second-order valence-corrected chi connectivity index (χ2v) is 4.54. The summed E-state index contributed by atoms with van der Waals surface area (Å²) in [5.74, 6) is 0.618. The maximum Gasteiger partial charge on any atom is 0.296 e. The van der Waals surface area contributed by atoms with Gasteiger partial charge in [0.25, 0.3) is 5.69 Å². The van der Waals surface area contributed by atoms with E-state index >= 15 is 0 Å². The van der Waals surface area contributed by atoms with Gasteiger partial charge >= 0.3 is 0 Å². The Morgan fingerprint density at radius 3 is 2.38 bits per heavy atom. The first-order chi connectivity index (χ1) is 10.0. The minimum Gasteiger partial charge on any atom is -0.493 e. The summed E-state index contributed by atoms with van der Waals surface area (Å²) in [6, 6.07) is 2.84. The smallest absolute Gasteiger partial charge is 0.296 e. The van der Waals surface area contributed by atoms with Crippen molar-refractivity contribution < 1.29 is 19.2 Å². The van der Waals surface area contributed by atoms with Crippen molar-refractivity contribution in [1.29, 1.82) is 0 Å². The third kappa shape index (κ3) is 2.69. The normalized spacial score (nSPS) is 14.5. The molecule has 21 heavy (non-hydrogen) atoms. The molecule has 0 atom stereocenters. The number of carbonyl (C=O) groups is 1. The van der Waals surface area contributed by atoms with Gasteiger partial charge in [0.05, 0.1) is 38.4 Å². The topological polar surface area (TPSA) is 85.2 Å². The number of nitro groups is 1. The van der Waals surface area contributed by atoms with E-state index in [-0.39, 0.29) is 23.9 Å². The summed E-state index contributed by atoms with van der Waals surface area (Å²) >= 11 is 0. The van der Waals surface area contributed by atoms with Crippen LogP contribution in [0.4, 0.5) is 11.4 Å². The number of benzene rings is 1. The fourth-order valence-corrected chi connectivity index (χ4v) is 2.29. The standard InChI is InChI=1S/C13H17N3O5/c1-4-14-8-15(7-13(14)17)9-5-11(20-2)12(21-3)6-10(9)16(18)19/h5-6H,4,7-8H2,1-3H3. The molecule has 0 saturated carbocycles. The number of carbonyl (C=O) groups excluding carboxylic acids is 1. The molecule has 1 heterocycles. The third-order valence-corrected chi connectivity index (χ3v) is 3.42. The van der Waals surface area contributed by atoms with E-state index in [9.17, 15) is 14.9 Å². The molecule has 114 valence electrons. The quantitative estimate of drug-likeness (QED) is 0.600. The number of rotatable bonds is 5. The highest BCUT2D eigenvalue weighted by Crippen LogP contribution is 2.40. The second kappa shape index (κ2) is 5.86. The van der Waals surface area contributed by atoms with Gasteiger partial charge in [-0.15, -0.1) is 0 Å². The number of amides is 1. The number of nitrogens with zero attached hydrogens (tertiary/aromatic N) is 3. The van der Waals surface area contributed by atoms with Crippen LogP contribution in [0, 0.1) is 10.1 Å². The molecule has 0 bridgehead atoms. The molecule has 1 aromatic rings. The molecule has 0 spiro atoms. The van der Waals surface area contributed by atoms with Crippen LogP contribution in [0.15, 0.2) is 12.1 Å². The summed E-state index contributed by atoms with van der Waals surface area (Å²) < 4.78 is 10.3. The number of ether oxygens (including phenoxy) is 2. The van der Waals surface area contributed by atoms with Crippen LogP contribution < -0.4 is 14.4 Å². The van der Waals surface area contributed by atoms with Crippen LogP contribution in [0.25, 0.3) is 0 Å². The first-order valence-electron chi connectivity index (χ1n) is 6.45. The van der Waals surface area contributed by atoms with Crippen molar-refractivity contribution in [1.82, 2.24) is 4.90 Å². The largest absolute Gasteiger partial charge is 0.493 e. The molecule has 2 rings (SSSR count). The molecule has 1 aliphatic heterocycles. The predicted molar refractivity (Wildman–Crippen MR) is 75.8 cm³/mol. The SMILES string of the molecule is CCN1CN(c2cc(OC)c(OC)cc2[N+](=O)[O-])CC1=O. The van der Waals surface area contributed by atoms with Crippen molar-refractivity contribution in [2.75, 3.05) is 38.9 Å². The lowest BCUT2D eigenvalue weighted by molar-refractivity contribution is -0.384. The summed E-state index contributed by atoms with van der Waals surface area (Å²) in [6.07, 6.45) is 0. The van der Waals surface area contributed by atoms with Crippen LogP contribution >= 0.6 is 0 Å². The highest BCUT2D eigenvalue weighted by Gasteiger charge is 2.32. The van der Waals surface area contributed by atoms with Gasteiger partial charge in [-0.2, -0.15) is 0 Å². The van der Waals surface area contributed by atoms with E-state index in [1.165, 1.54) is 26.4 Å². The van der Waals surface area contributed by atoms with Gasteiger partial charge in [-0.25, -0.2) is 0 Å². The number of methoxy groups -OCH3 is 2. The zero-order valence-corrected chi connectivity index (χ0v) is 12.2. The zero-order valence-electron chi connectivity index (χ0n) is 12.2. The van der Waals surface area contributed by atoms with Crippen molar-refractivity contribution in [3.05, 3.63) is 22.2 Å². The Bertz CT molecular complexity index is 575. The van der Waals surface area contributed by atoms with Gasteiger partial charge in [0.15, 0.2) is 11.5 Å². The van der Waals surface area contributed by atoms with Crippen molar-refractivity contribution in [3.63, 3.8) is 0 Å². The summed E-state index contributed by atoms with van der Waals surface area (Å²) in [6.45, 7) is 2.87. The van der Waals surface area contributed by atoms with E-state index in [0.29, 0.717) is 24.7 Å². The molecular weight excluding hydrogens is 278 g/mol. The lowest BCUT2D eigenvalue weighted by Gasteiger charge is -2.19. The van der Waals surface area contributed by atoms with Gasteiger partial charge in [-0.3, -0.25) is 14.9 Å². The summed E-state index contributed by atoms with van der Waals surface area (Å²) in [7, 11) is 2.88. The van der Waals surface area contributed by atoms with Crippen molar-refractivity contribution >= 4 is 17.3 Å². The molecule has 8 nitrogen and oxygen atoms in total. The van der Waals surface area contributed by atoms with Gasteiger partial charge in [-0.1, -0.05) is 0 Å². The molecule has 0 aromatic heterocycles. The number of likely N-dealkylation sites (N-methyl/N-ethyl adjacent to an activating group) is 1. The Kier molecular flexibility index (Phi) is 4.15. The Labute approximate surface area is 122 Å². The minimum atomic E-state index is -0.490. The Balaban J connectivity index is 2.47. The molecular formula is C13H17N3O5. The first-order valence-corrected chi connectivity index (χ1v) is 6.45. The van der Waals surface area contributed by atoms with Gasteiger partial charge in [0, 0.05) is 12.6 Å². The van der Waals surface area contributed by atoms with Gasteiger partial charge in [0.2, 0.25) is 5.91 Å². The van der Waals surface area contributed by atoms with Gasteiger partial charge in [0.1, 0.15) is 5.69 Å². The van der Waals surface area contributed by atoms with Crippen molar-refractivity contribution in [2.45, 2.75) is 6.92 Å². The average molecular weight is 295 g/mol. The Morgan fingerprint density at radius 1 is 1.29 bits per heavy atom. The second-order valence-electron chi connectivity index (χ2n) is 4.54. The number of hydrogen-bond donors (Lipinski definition) is 0. The average Bonchev–Trinajstić information content (AvgIpc) is 2.86. The number of nitro benzene ring substituents is 1. The molecule has 0 N–H and O–H groups in total. The van der Waals surface area contributed by atoms with E-state index < -0.39 is 4.92 Å². The molecule has 1 aliphatic rings. The molecule has 0 unspecified atom stereocenters. The monoisotopic (exact) mass is 295 g/mol. The van der Waals surface area contributed by atoms with E-state index in [2.05, 4.69) is 0 Å². The molecule has 0 aliphatic carbocycles. The molecule has 1 saturated heterocycles. The molecule has 1 amide bonds. The fraction of sp³-hybridized carbons (Fsp3) is 0.462.